The van der Waals surface area contributed by atoms with Crippen molar-refractivity contribution < 1.29 is 27.9 Å². The van der Waals surface area contributed by atoms with Crippen LogP contribution in [0.15, 0.2) is 78.9 Å². The van der Waals surface area contributed by atoms with E-state index in [1.165, 1.54) is 0 Å². The molecule has 0 aromatic heterocycles. The SMILES string of the molecule is O=C(c1ccccc1)N1CCC(C(O)NCCCCCC2(C(=O)NCC(F)(F)F)c3ccccc3-c3ccccc32)CC1. The summed E-state index contributed by atoms with van der Waals surface area (Å²) in [7, 11) is 0. The smallest absolute Gasteiger partial charge is 0.378 e. The third-order valence-electron chi connectivity index (χ3n) is 8.78. The van der Waals surface area contributed by atoms with Crippen LogP contribution in [0.2, 0.25) is 0 Å². The van der Waals surface area contributed by atoms with Gasteiger partial charge in [-0.2, -0.15) is 13.2 Å². The van der Waals surface area contributed by atoms with Gasteiger partial charge in [0, 0.05) is 24.6 Å². The highest BCUT2D eigenvalue weighted by Gasteiger charge is 2.49. The third kappa shape index (κ3) is 6.78. The van der Waals surface area contributed by atoms with Crippen LogP contribution in [0, 0.1) is 5.92 Å². The molecule has 1 unspecified atom stereocenters. The van der Waals surface area contributed by atoms with Gasteiger partial charge in [0.05, 0.1) is 0 Å². The summed E-state index contributed by atoms with van der Waals surface area (Å²) in [5, 5.41) is 16.1. The number of aliphatic hydroxyl groups excluding tert-OH is 1. The van der Waals surface area contributed by atoms with Crippen molar-refractivity contribution in [1.29, 1.82) is 0 Å². The minimum Gasteiger partial charge on any atom is -0.378 e. The van der Waals surface area contributed by atoms with Gasteiger partial charge < -0.3 is 15.3 Å². The van der Waals surface area contributed by atoms with E-state index in [0.717, 1.165) is 35.1 Å². The first kappa shape index (κ1) is 30.8. The van der Waals surface area contributed by atoms with Crippen LogP contribution in [0.4, 0.5) is 13.2 Å². The molecule has 43 heavy (non-hydrogen) atoms. The Bertz CT molecular complexity index is 1360. The molecule has 228 valence electrons. The number of hydrogen-bond donors (Lipinski definition) is 3. The predicted molar refractivity (Wildman–Crippen MR) is 159 cm³/mol. The fourth-order valence-electron chi connectivity index (χ4n) is 6.57. The van der Waals surface area contributed by atoms with Crippen LogP contribution in [0.25, 0.3) is 11.1 Å². The molecule has 0 bridgehead atoms. The van der Waals surface area contributed by atoms with Gasteiger partial charge in [0.15, 0.2) is 0 Å². The molecule has 5 rings (SSSR count). The molecule has 3 N–H and O–H groups in total. The van der Waals surface area contributed by atoms with E-state index in [1.54, 1.807) is 0 Å². The molecule has 0 saturated carbocycles. The number of aliphatic hydroxyl groups is 1. The molecule has 2 amide bonds. The number of piperidine rings is 1. The number of unbranched alkanes of at least 4 members (excludes halogenated alkanes) is 2. The number of carbonyl (C=O) groups excluding carboxylic acids is 2. The highest BCUT2D eigenvalue weighted by molar-refractivity contribution is 6.00. The minimum absolute atomic E-state index is 0.0128. The molecule has 3 aromatic carbocycles. The molecule has 3 aromatic rings. The van der Waals surface area contributed by atoms with Crippen molar-refractivity contribution in [3.05, 3.63) is 95.6 Å². The van der Waals surface area contributed by atoms with Crippen LogP contribution in [0.1, 0.15) is 60.0 Å². The first-order chi connectivity index (χ1) is 20.7. The summed E-state index contributed by atoms with van der Waals surface area (Å²) in [4.78, 5) is 28.1. The van der Waals surface area contributed by atoms with Gasteiger partial charge in [-0.15, -0.1) is 0 Å². The molecule has 1 atom stereocenters. The Labute approximate surface area is 250 Å². The summed E-state index contributed by atoms with van der Waals surface area (Å²) in [6, 6.07) is 24.1. The largest absolute Gasteiger partial charge is 0.405 e. The van der Waals surface area contributed by atoms with Crippen LogP contribution in [-0.4, -0.2) is 60.4 Å². The number of nitrogens with zero attached hydrogens (tertiary/aromatic N) is 1. The molecule has 0 spiro atoms. The second-order valence-corrected chi connectivity index (χ2v) is 11.5. The third-order valence-corrected chi connectivity index (χ3v) is 8.78. The summed E-state index contributed by atoms with van der Waals surface area (Å²) >= 11 is 0. The maximum absolute atomic E-state index is 13.6. The lowest BCUT2D eigenvalue weighted by atomic mass is 9.73. The van der Waals surface area contributed by atoms with Crippen molar-refractivity contribution in [3.8, 4) is 11.1 Å². The highest BCUT2D eigenvalue weighted by Crippen LogP contribution is 2.51. The second-order valence-electron chi connectivity index (χ2n) is 11.5. The van der Waals surface area contributed by atoms with Crippen LogP contribution in [0.3, 0.4) is 0 Å². The number of likely N-dealkylation sites (tertiary alicyclic amines) is 1. The summed E-state index contributed by atoms with van der Waals surface area (Å²) in [6.45, 7) is 0.390. The van der Waals surface area contributed by atoms with Gasteiger partial charge in [-0.3, -0.25) is 14.9 Å². The summed E-state index contributed by atoms with van der Waals surface area (Å²) in [6.07, 6.45) is -1.28. The number of amides is 2. The van der Waals surface area contributed by atoms with E-state index in [0.29, 0.717) is 50.9 Å². The Kier molecular flexibility index (Phi) is 9.52. The lowest BCUT2D eigenvalue weighted by Crippen LogP contribution is -2.47. The average Bonchev–Trinajstić information content (AvgIpc) is 3.32. The minimum atomic E-state index is -4.50. The van der Waals surface area contributed by atoms with Crippen molar-refractivity contribution in [2.75, 3.05) is 26.2 Å². The van der Waals surface area contributed by atoms with Crippen LogP contribution in [0.5, 0.6) is 0 Å². The average molecular weight is 594 g/mol. The fraction of sp³-hybridized carbons (Fsp3) is 0.412. The zero-order chi connectivity index (χ0) is 30.5. The quantitative estimate of drug-likeness (QED) is 0.198. The lowest BCUT2D eigenvalue weighted by Gasteiger charge is -2.34. The Morgan fingerprint density at radius 1 is 0.860 bits per heavy atom. The van der Waals surface area contributed by atoms with Crippen molar-refractivity contribution >= 4 is 11.8 Å². The summed E-state index contributed by atoms with van der Waals surface area (Å²) < 4.78 is 39.2. The molecule has 1 saturated heterocycles. The van der Waals surface area contributed by atoms with E-state index in [4.69, 9.17) is 0 Å². The molecule has 6 nitrogen and oxygen atoms in total. The zero-order valence-electron chi connectivity index (χ0n) is 24.1. The second kappa shape index (κ2) is 13.3. The number of halogens is 3. The molecule has 1 fully saturated rings. The first-order valence-electron chi connectivity index (χ1n) is 15.0. The molecular weight excluding hydrogens is 555 g/mol. The molecule has 1 aliphatic heterocycles. The van der Waals surface area contributed by atoms with Crippen molar-refractivity contribution in [2.24, 2.45) is 5.92 Å². The van der Waals surface area contributed by atoms with Crippen molar-refractivity contribution in [1.82, 2.24) is 15.5 Å². The van der Waals surface area contributed by atoms with Crippen molar-refractivity contribution in [3.63, 3.8) is 0 Å². The summed E-state index contributed by atoms with van der Waals surface area (Å²) in [5.74, 6) is -0.571. The van der Waals surface area contributed by atoms with E-state index in [9.17, 15) is 27.9 Å². The van der Waals surface area contributed by atoms with Crippen molar-refractivity contribution in [2.45, 2.75) is 56.3 Å². The van der Waals surface area contributed by atoms with Crippen LogP contribution >= 0.6 is 0 Å². The Morgan fingerprint density at radius 2 is 1.44 bits per heavy atom. The number of benzene rings is 3. The normalized spacial score (nSPS) is 16.8. The van der Waals surface area contributed by atoms with Gasteiger partial charge in [0.2, 0.25) is 5.91 Å². The number of carbonyl (C=O) groups is 2. The Balaban J connectivity index is 1.14. The topological polar surface area (TPSA) is 81.7 Å². The number of rotatable bonds is 11. The Hall–Kier alpha value is -3.69. The number of fused-ring (bicyclic) bond motifs is 3. The lowest BCUT2D eigenvalue weighted by molar-refractivity contribution is -0.141. The van der Waals surface area contributed by atoms with Gasteiger partial charge in [0.25, 0.3) is 5.91 Å². The molecule has 0 radical (unpaired) electrons. The first-order valence-corrected chi connectivity index (χ1v) is 15.0. The number of alkyl halides is 3. The molecular formula is C34H38F3N3O3. The summed E-state index contributed by atoms with van der Waals surface area (Å²) in [5.41, 5.74) is 2.70. The van der Waals surface area contributed by atoms with Gasteiger partial charge in [-0.1, -0.05) is 79.6 Å². The van der Waals surface area contributed by atoms with E-state index < -0.39 is 30.3 Å². The van der Waals surface area contributed by atoms with Gasteiger partial charge >= 0.3 is 6.18 Å². The van der Waals surface area contributed by atoms with E-state index in [2.05, 4.69) is 10.6 Å². The Morgan fingerprint density at radius 3 is 2.05 bits per heavy atom. The fourth-order valence-corrected chi connectivity index (χ4v) is 6.57. The predicted octanol–water partition coefficient (Wildman–Crippen LogP) is 5.65. The maximum Gasteiger partial charge on any atom is 0.405 e. The molecule has 1 aliphatic carbocycles. The highest BCUT2D eigenvalue weighted by atomic mass is 19.4. The molecule has 1 heterocycles. The van der Waals surface area contributed by atoms with E-state index in [-0.39, 0.29) is 11.8 Å². The van der Waals surface area contributed by atoms with Gasteiger partial charge in [0.1, 0.15) is 18.2 Å². The van der Waals surface area contributed by atoms with Crippen LogP contribution < -0.4 is 10.6 Å². The van der Waals surface area contributed by atoms with Crippen LogP contribution in [-0.2, 0) is 10.2 Å². The zero-order valence-corrected chi connectivity index (χ0v) is 24.1. The monoisotopic (exact) mass is 593 g/mol. The van der Waals surface area contributed by atoms with E-state index >= 15 is 0 Å². The van der Waals surface area contributed by atoms with Gasteiger partial charge in [-0.25, -0.2) is 0 Å². The number of hydrogen-bond acceptors (Lipinski definition) is 4. The molecule has 9 heteroatoms. The van der Waals surface area contributed by atoms with E-state index in [1.807, 2.05) is 83.8 Å². The maximum atomic E-state index is 13.6. The number of nitrogens with one attached hydrogen (secondary N) is 2. The standard InChI is InChI=1S/C34H38F3N3O3/c35-34(36,37)23-39-32(43)33(28-15-7-5-13-26(28)27-14-6-8-16-29(27)33)19-9-2-10-20-38-30(41)24-17-21-40(22-18-24)31(42)25-11-3-1-4-12-25/h1,3-8,11-16,24,30,38,41H,2,9-10,17-23H2,(H,39,43). The van der Waals surface area contributed by atoms with Gasteiger partial charge in [-0.05, 0) is 66.6 Å². The molecule has 2 aliphatic rings.